The van der Waals surface area contributed by atoms with Gasteiger partial charge in [0.25, 0.3) is 0 Å². The molecule has 0 radical (unpaired) electrons. The molecule has 10 heteroatoms. The molecule has 1 fully saturated rings. The minimum Gasteiger partial charge on any atom is -0.497 e. The summed E-state index contributed by atoms with van der Waals surface area (Å²) in [6, 6.07) is 6.85. The Morgan fingerprint density at radius 2 is 2.36 bits per heavy atom. The van der Waals surface area contributed by atoms with E-state index in [0.29, 0.717) is 17.1 Å². The predicted molar refractivity (Wildman–Crippen MR) is 90.9 cm³/mol. The van der Waals surface area contributed by atoms with E-state index in [9.17, 15) is 9.59 Å². The third-order valence-electron chi connectivity index (χ3n) is 2.99. The highest BCUT2D eigenvalue weighted by Gasteiger charge is 2.32. The molecule has 1 aromatic carbocycles. The topological polar surface area (TPSA) is 133 Å². The van der Waals surface area contributed by atoms with Crippen molar-refractivity contribution in [2.24, 2.45) is 10.2 Å². The second kappa shape index (κ2) is 8.70. The summed E-state index contributed by atoms with van der Waals surface area (Å²) in [6.45, 7) is -0.121. The Kier molecular flexibility index (Phi) is 6.36. The van der Waals surface area contributed by atoms with Crippen molar-refractivity contribution in [1.29, 1.82) is 5.26 Å². The predicted octanol–water partition coefficient (Wildman–Crippen LogP) is 0.994. The van der Waals surface area contributed by atoms with Crippen LogP contribution in [0.3, 0.4) is 0 Å². The molecule has 1 aliphatic heterocycles. The number of hydrogen-bond acceptors (Lipinski definition) is 8. The molecule has 0 spiro atoms. The maximum Gasteiger partial charge on any atom is 0.305 e. The molecule has 130 valence electrons. The van der Waals surface area contributed by atoms with Gasteiger partial charge >= 0.3 is 5.97 Å². The maximum atomic E-state index is 11.6. The fraction of sp³-hybridized carbons (Fsp3) is 0.267. The molecular formula is C15H14N4O5S. The van der Waals surface area contributed by atoms with E-state index >= 15 is 0 Å². The molecule has 1 amide bonds. The minimum absolute atomic E-state index is 0.121. The Bertz CT molecular complexity index is 772. The molecule has 0 bridgehead atoms. The average Bonchev–Trinajstić information content (AvgIpc) is 2.92. The van der Waals surface area contributed by atoms with Gasteiger partial charge in [0.2, 0.25) is 5.91 Å². The number of carboxylic acids is 1. The van der Waals surface area contributed by atoms with E-state index in [0.717, 1.165) is 11.8 Å². The van der Waals surface area contributed by atoms with Gasteiger partial charge in [-0.15, -0.1) is 5.10 Å². The lowest BCUT2D eigenvalue weighted by molar-refractivity contribution is -0.138. The fourth-order valence-electron chi connectivity index (χ4n) is 1.88. The highest BCUT2D eigenvalue weighted by molar-refractivity contribution is 8.15. The Labute approximate surface area is 147 Å². The van der Waals surface area contributed by atoms with Crippen LogP contribution in [0, 0.1) is 11.3 Å². The Hall–Kier alpha value is -3.06. The van der Waals surface area contributed by atoms with Crippen LogP contribution in [0.1, 0.15) is 12.0 Å². The lowest BCUT2D eigenvalue weighted by Gasteiger charge is -2.07. The highest BCUT2D eigenvalue weighted by Crippen LogP contribution is 2.24. The molecule has 0 saturated carbocycles. The highest BCUT2D eigenvalue weighted by atomic mass is 32.2. The molecule has 1 unspecified atom stereocenters. The van der Waals surface area contributed by atoms with Crippen LogP contribution in [0.15, 0.2) is 28.4 Å². The molecule has 1 saturated heterocycles. The third kappa shape index (κ3) is 5.22. The van der Waals surface area contributed by atoms with E-state index in [-0.39, 0.29) is 18.2 Å². The number of carboxylic acid groups (broad SMARTS) is 1. The SMILES string of the molecule is COc1ccc(OCC#N)c(C=NN=C2NC(=O)C(CC(=O)O)S2)c1. The standard InChI is InChI=1S/C15H14N4O5S/c1-23-10-2-3-11(24-5-4-16)9(6-10)8-17-19-15-18-14(22)12(25-15)7-13(20)21/h2-3,6,8,12H,5,7H2,1H3,(H,20,21)(H,18,19,22). The molecule has 0 aliphatic carbocycles. The largest absolute Gasteiger partial charge is 0.497 e. The summed E-state index contributed by atoms with van der Waals surface area (Å²) in [5, 5.41) is 27.1. The number of hydrogen-bond donors (Lipinski definition) is 2. The van der Waals surface area contributed by atoms with E-state index in [4.69, 9.17) is 19.8 Å². The first-order valence-corrected chi connectivity index (χ1v) is 7.89. The Morgan fingerprint density at radius 1 is 1.56 bits per heavy atom. The first-order valence-electron chi connectivity index (χ1n) is 7.01. The van der Waals surface area contributed by atoms with Gasteiger partial charge in [-0.05, 0) is 18.2 Å². The average molecular weight is 362 g/mol. The van der Waals surface area contributed by atoms with Gasteiger partial charge in [0, 0.05) is 5.56 Å². The molecule has 1 aliphatic rings. The van der Waals surface area contributed by atoms with Crippen LogP contribution in [0.4, 0.5) is 0 Å². The van der Waals surface area contributed by atoms with Gasteiger partial charge in [-0.3, -0.25) is 9.59 Å². The number of nitrogens with zero attached hydrogens (tertiary/aromatic N) is 3. The zero-order chi connectivity index (χ0) is 18.2. The lowest BCUT2D eigenvalue weighted by atomic mass is 10.2. The van der Waals surface area contributed by atoms with Crippen LogP contribution in [-0.4, -0.2) is 47.3 Å². The van der Waals surface area contributed by atoms with Crippen molar-refractivity contribution in [3.05, 3.63) is 23.8 Å². The van der Waals surface area contributed by atoms with Crippen molar-refractivity contribution in [3.63, 3.8) is 0 Å². The quantitative estimate of drug-likeness (QED) is 0.546. The van der Waals surface area contributed by atoms with Gasteiger partial charge in [0.15, 0.2) is 11.8 Å². The van der Waals surface area contributed by atoms with Crippen LogP contribution >= 0.6 is 11.8 Å². The van der Waals surface area contributed by atoms with Gasteiger partial charge in [0.05, 0.1) is 19.7 Å². The molecular weight excluding hydrogens is 348 g/mol. The number of carbonyl (C=O) groups excluding carboxylic acids is 1. The van der Waals surface area contributed by atoms with Crippen molar-refractivity contribution in [1.82, 2.24) is 5.32 Å². The molecule has 0 aromatic heterocycles. The summed E-state index contributed by atoms with van der Waals surface area (Å²) >= 11 is 1.00. The molecule has 1 heterocycles. The smallest absolute Gasteiger partial charge is 0.305 e. The summed E-state index contributed by atoms with van der Waals surface area (Å²) in [5.74, 6) is -0.476. The molecule has 2 rings (SSSR count). The fourth-order valence-corrected chi connectivity index (χ4v) is 2.80. The number of amides is 1. The van der Waals surface area contributed by atoms with E-state index in [2.05, 4.69) is 15.5 Å². The van der Waals surface area contributed by atoms with Crippen LogP contribution in [0.2, 0.25) is 0 Å². The van der Waals surface area contributed by atoms with E-state index in [1.807, 2.05) is 6.07 Å². The van der Waals surface area contributed by atoms with Crippen molar-refractivity contribution in [3.8, 4) is 17.6 Å². The number of ether oxygens (including phenoxy) is 2. The summed E-state index contributed by atoms with van der Waals surface area (Å²) in [5.41, 5.74) is 0.537. The Balaban J connectivity index is 2.12. The third-order valence-corrected chi connectivity index (χ3v) is 4.06. The zero-order valence-corrected chi connectivity index (χ0v) is 13.9. The number of benzene rings is 1. The van der Waals surface area contributed by atoms with Crippen molar-refractivity contribution in [2.45, 2.75) is 11.7 Å². The van der Waals surface area contributed by atoms with E-state index < -0.39 is 17.1 Å². The molecule has 9 nitrogen and oxygen atoms in total. The van der Waals surface area contributed by atoms with Gasteiger partial charge in [0.1, 0.15) is 22.8 Å². The Morgan fingerprint density at radius 3 is 3.04 bits per heavy atom. The van der Waals surface area contributed by atoms with Crippen molar-refractivity contribution >= 4 is 35.0 Å². The number of thioether (sulfide) groups is 1. The number of amidine groups is 1. The number of rotatable bonds is 7. The normalized spacial score (nSPS) is 18.2. The van der Waals surface area contributed by atoms with Crippen molar-refractivity contribution in [2.75, 3.05) is 13.7 Å². The first-order chi connectivity index (χ1) is 12.0. The molecule has 1 atom stereocenters. The summed E-state index contributed by atoms with van der Waals surface area (Å²) in [7, 11) is 1.51. The number of methoxy groups -OCH3 is 1. The number of nitriles is 1. The molecule has 25 heavy (non-hydrogen) atoms. The maximum absolute atomic E-state index is 11.6. The summed E-state index contributed by atoms with van der Waals surface area (Å²) in [6.07, 6.45) is 1.10. The van der Waals surface area contributed by atoms with Gasteiger partial charge in [-0.25, -0.2) is 0 Å². The second-order valence-corrected chi connectivity index (χ2v) is 5.89. The van der Waals surface area contributed by atoms with Gasteiger partial charge in [-0.1, -0.05) is 11.8 Å². The van der Waals surface area contributed by atoms with Crippen molar-refractivity contribution < 1.29 is 24.2 Å². The number of carbonyl (C=O) groups is 2. The number of aliphatic carboxylic acids is 1. The first kappa shape index (κ1) is 18.3. The lowest BCUT2D eigenvalue weighted by Crippen LogP contribution is -2.26. The summed E-state index contributed by atoms with van der Waals surface area (Å²) in [4.78, 5) is 22.3. The summed E-state index contributed by atoms with van der Waals surface area (Å²) < 4.78 is 10.4. The molecule has 2 N–H and O–H groups in total. The second-order valence-electron chi connectivity index (χ2n) is 4.69. The van der Waals surface area contributed by atoms with Crippen LogP contribution in [0.5, 0.6) is 11.5 Å². The van der Waals surface area contributed by atoms with Crippen LogP contribution < -0.4 is 14.8 Å². The monoisotopic (exact) mass is 362 g/mol. The zero-order valence-electron chi connectivity index (χ0n) is 13.1. The minimum atomic E-state index is -1.06. The van der Waals surface area contributed by atoms with E-state index in [1.54, 1.807) is 18.2 Å². The van der Waals surface area contributed by atoms with Crippen LogP contribution in [0.25, 0.3) is 0 Å². The van der Waals surface area contributed by atoms with Crippen LogP contribution in [-0.2, 0) is 9.59 Å². The van der Waals surface area contributed by atoms with E-state index in [1.165, 1.54) is 13.3 Å². The number of nitrogens with one attached hydrogen (secondary N) is 1. The van der Waals surface area contributed by atoms with Gasteiger partial charge in [-0.2, -0.15) is 10.4 Å². The molecule has 1 aromatic rings. The van der Waals surface area contributed by atoms with Gasteiger partial charge < -0.3 is 19.9 Å².